The van der Waals surface area contributed by atoms with Crippen LogP contribution in [0.1, 0.15) is 48.9 Å². The van der Waals surface area contributed by atoms with Crippen LogP contribution in [0.5, 0.6) is 0 Å². The topological polar surface area (TPSA) is 46.3 Å². The smallest absolute Gasteiger partial charge is 0.253 e. The first-order chi connectivity index (χ1) is 8.68. The van der Waals surface area contributed by atoms with Crippen molar-refractivity contribution in [1.29, 1.82) is 0 Å². The number of hydrogen-bond donors (Lipinski definition) is 1. The number of carbonyl (C=O) groups is 1. The van der Waals surface area contributed by atoms with Gasteiger partial charge in [-0.1, -0.05) is 25.7 Å². The molecule has 1 aromatic carbocycles. The van der Waals surface area contributed by atoms with Gasteiger partial charge < -0.3 is 10.6 Å². The molecule has 1 fully saturated rings. The second kappa shape index (κ2) is 5.89. The van der Waals surface area contributed by atoms with Crippen LogP contribution in [0.2, 0.25) is 0 Å². The Hall–Kier alpha value is -1.51. The summed E-state index contributed by atoms with van der Waals surface area (Å²) in [7, 11) is 1.93. The van der Waals surface area contributed by atoms with E-state index in [1.165, 1.54) is 25.7 Å². The quantitative estimate of drug-likeness (QED) is 0.644. The van der Waals surface area contributed by atoms with E-state index in [9.17, 15) is 4.79 Å². The van der Waals surface area contributed by atoms with Crippen LogP contribution >= 0.6 is 0 Å². The number of rotatable bonds is 2. The van der Waals surface area contributed by atoms with E-state index in [1.807, 2.05) is 24.1 Å². The fourth-order valence-corrected chi connectivity index (χ4v) is 2.64. The van der Waals surface area contributed by atoms with Crippen LogP contribution in [0.15, 0.2) is 24.3 Å². The predicted molar refractivity (Wildman–Crippen MR) is 74.4 cm³/mol. The van der Waals surface area contributed by atoms with Gasteiger partial charge in [-0.25, -0.2) is 0 Å². The average Bonchev–Trinajstić information content (AvgIpc) is 2.67. The maximum atomic E-state index is 12.4. The minimum absolute atomic E-state index is 0.113. The molecule has 2 rings (SSSR count). The van der Waals surface area contributed by atoms with Gasteiger partial charge in [-0.2, -0.15) is 0 Å². The fourth-order valence-electron chi connectivity index (χ4n) is 2.64. The Kier molecular flexibility index (Phi) is 4.24. The Bertz CT molecular complexity index is 391. The van der Waals surface area contributed by atoms with Gasteiger partial charge in [-0.3, -0.25) is 4.79 Å². The SMILES string of the molecule is CN(C(=O)c1ccc(N)cc1)C1CCCCCC1. The molecule has 1 saturated carbocycles. The van der Waals surface area contributed by atoms with Crippen LogP contribution in [-0.4, -0.2) is 23.9 Å². The first-order valence-corrected chi connectivity index (χ1v) is 6.81. The summed E-state index contributed by atoms with van der Waals surface area (Å²) in [6, 6.07) is 7.59. The summed E-state index contributed by atoms with van der Waals surface area (Å²) < 4.78 is 0. The maximum absolute atomic E-state index is 12.4. The monoisotopic (exact) mass is 246 g/mol. The highest BCUT2D eigenvalue weighted by molar-refractivity contribution is 5.94. The first kappa shape index (κ1) is 12.9. The van der Waals surface area contributed by atoms with E-state index >= 15 is 0 Å². The van der Waals surface area contributed by atoms with Gasteiger partial charge in [0.05, 0.1) is 0 Å². The first-order valence-electron chi connectivity index (χ1n) is 6.81. The lowest BCUT2D eigenvalue weighted by molar-refractivity contribution is 0.0718. The van der Waals surface area contributed by atoms with Crippen molar-refractivity contribution in [2.45, 2.75) is 44.6 Å². The lowest BCUT2D eigenvalue weighted by atomic mass is 10.1. The second-order valence-corrected chi connectivity index (χ2v) is 5.18. The summed E-state index contributed by atoms with van der Waals surface area (Å²) >= 11 is 0. The maximum Gasteiger partial charge on any atom is 0.253 e. The van der Waals surface area contributed by atoms with Gasteiger partial charge in [0.2, 0.25) is 0 Å². The van der Waals surface area contributed by atoms with E-state index in [1.54, 1.807) is 12.1 Å². The van der Waals surface area contributed by atoms with E-state index in [0.717, 1.165) is 18.4 Å². The molecule has 2 N–H and O–H groups in total. The molecule has 0 radical (unpaired) electrons. The average molecular weight is 246 g/mol. The third-order valence-corrected chi connectivity index (χ3v) is 3.85. The minimum Gasteiger partial charge on any atom is -0.399 e. The normalized spacial score (nSPS) is 17.2. The molecule has 18 heavy (non-hydrogen) atoms. The molecule has 0 bridgehead atoms. The van der Waals surface area contributed by atoms with Crippen LogP contribution in [0, 0.1) is 0 Å². The number of anilines is 1. The number of hydrogen-bond acceptors (Lipinski definition) is 2. The summed E-state index contributed by atoms with van der Waals surface area (Å²) in [5.74, 6) is 0.113. The van der Waals surface area contributed by atoms with Crippen molar-refractivity contribution >= 4 is 11.6 Å². The summed E-state index contributed by atoms with van der Waals surface area (Å²) in [6.07, 6.45) is 7.36. The van der Waals surface area contributed by atoms with E-state index < -0.39 is 0 Å². The molecule has 1 amide bonds. The number of amides is 1. The lowest BCUT2D eigenvalue weighted by Crippen LogP contribution is -2.36. The molecule has 98 valence electrons. The number of carbonyl (C=O) groups excluding carboxylic acids is 1. The largest absolute Gasteiger partial charge is 0.399 e. The number of benzene rings is 1. The van der Waals surface area contributed by atoms with Crippen LogP contribution in [0.25, 0.3) is 0 Å². The van der Waals surface area contributed by atoms with Gasteiger partial charge in [0.1, 0.15) is 0 Å². The van der Waals surface area contributed by atoms with Gasteiger partial charge in [-0.05, 0) is 37.1 Å². The van der Waals surface area contributed by atoms with Gasteiger partial charge in [0.15, 0.2) is 0 Å². The van der Waals surface area contributed by atoms with Crippen molar-refractivity contribution in [3.63, 3.8) is 0 Å². The molecule has 1 aliphatic rings. The minimum atomic E-state index is 0.113. The molecule has 3 heteroatoms. The fraction of sp³-hybridized carbons (Fsp3) is 0.533. The van der Waals surface area contributed by atoms with Crippen LogP contribution in [0.4, 0.5) is 5.69 Å². The highest BCUT2D eigenvalue weighted by Crippen LogP contribution is 2.22. The molecular weight excluding hydrogens is 224 g/mol. The van der Waals surface area contributed by atoms with Crippen molar-refractivity contribution in [3.8, 4) is 0 Å². The predicted octanol–water partition coefficient (Wildman–Crippen LogP) is 3.06. The molecule has 0 atom stereocenters. The zero-order valence-corrected chi connectivity index (χ0v) is 11.1. The van der Waals surface area contributed by atoms with Crippen molar-refractivity contribution in [1.82, 2.24) is 4.90 Å². The molecule has 0 saturated heterocycles. The van der Waals surface area contributed by atoms with Gasteiger partial charge in [-0.15, -0.1) is 0 Å². The summed E-state index contributed by atoms with van der Waals surface area (Å²) in [4.78, 5) is 14.3. The molecular formula is C15H22N2O. The molecule has 0 aromatic heterocycles. The van der Waals surface area contributed by atoms with Gasteiger partial charge >= 0.3 is 0 Å². The van der Waals surface area contributed by atoms with Gasteiger partial charge in [0.25, 0.3) is 5.91 Å². The summed E-state index contributed by atoms with van der Waals surface area (Å²) in [5.41, 5.74) is 7.07. The molecule has 0 unspecified atom stereocenters. The Morgan fingerprint density at radius 3 is 2.22 bits per heavy atom. The van der Waals surface area contributed by atoms with Crippen LogP contribution in [0.3, 0.4) is 0 Å². The van der Waals surface area contributed by atoms with Gasteiger partial charge in [0, 0.05) is 24.3 Å². The van der Waals surface area contributed by atoms with Crippen molar-refractivity contribution in [3.05, 3.63) is 29.8 Å². The third kappa shape index (κ3) is 3.03. The van der Waals surface area contributed by atoms with Crippen LogP contribution < -0.4 is 5.73 Å². The summed E-state index contributed by atoms with van der Waals surface area (Å²) in [5, 5.41) is 0. The molecule has 0 spiro atoms. The second-order valence-electron chi connectivity index (χ2n) is 5.18. The van der Waals surface area contributed by atoms with Crippen molar-refractivity contribution in [2.75, 3.05) is 12.8 Å². The zero-order valence-electron chi connectivity index (χ0n) is 11.1. The Morgan fingerprint density at radius 1 is 1.11 bits per heavy atom. The molecule has 1 aliphatic carbocycles. The van der Waals surface area contributed by atoms with E-state index in [2.05, 4.69) is 0 Å². The number of nitrogens with two attached hydrogens (primary N) is 1. The molecule has 0 heterocycles. The number of nitrogens with zero attached hydrogens (tertiary/aromatic N) is 1. The Balaban J connectivity index is 2.05. The highest BCUT2D eigenvalue weighted by Gasteiger charge is 2.21. The van der Waals surface area contributed by atoms with Crippen LogP contribution in [-0.2, 0) is 0 Å². The Morgan fingerprint density at radius 2 is 1.67 bits per heavy atom. The number of nitrogen functional groups attached to an aromatic ring is 1. The highest BCUT2D eigenvalue weighted by atomic mass is 16.2. The van der Waals surface area contributed by atoms with E-state index in [4.69, 9.17) is 5.73 Å². The Labute approximate surface area is 109 Å². The third-order valence-electron chi connectivity index (χ3n) is 3.85. The lowest BCUT2D eigenvalue weighted by Gasteiger charge is -2.27. The molecule has 0 aliphatic heterocycles. The van der Waals surface area contributed by atoms with Crippen molar-refractivity contribution in [2.24, 2.45) is 0 Å². The summed E-state index contributed by atoms with van der Waals surface area (Å²) in [6.45, 7) is 0. The molecule has 1 aromatic rings. The van der Waals surface area contributed by atoms with E-state index in [-0.39, 0.29) is 5.91 Å². The van der Waals surface area contributed by atoms with Crippen molar-refractivity contribution < 1.29 is 4.79 Å². The van der Waals surface area contributed by atoms with E-state index in [0.29, 0.717) is 11.7 Å². The molecule has 3 nitrogen and oxygen atoms in total. The zero-order chi connectivity index (χ0) is 13.0. The standard InChI is InChI=1S/C15H22N2O/c1-17(14-6-4-2-3-5-7-14)15(18)12-8-10-13(16)11-9-12/h8-11,14H,2-7,16H2,1H3.